The Hall–Kier alpha value is -2.54. The minimum absolute atomic E-state index is 0.0212. The van der Waals surface area contributed by atoms with Gasteiger partial charge in [0.1, 0.15) is 0 Å². The molecule has 0 aromatic heterocycles. The summed E-state index contributed by atoms with van der Waals surface area (Å²) < 4.78 is 26.2. The van der Waals surface area contributed by atoms with Gasteiger partial charge in [-0.05, 0) is 68.3 Å². The van der Waals surface area contributed by atoms with E-state index in [0.717, 1.165) is 17.4 Å². The monoisotopic (exact) mass is 504 g/mol. The summed E-state index contributed by atoms with van der Waals surface area (Å²) in [6.45, 7) is 5.96. The van der Waals surface area contributed by atoms with Gasteiger partial charge in [0.2, 0.25) is 10.0 Å². The molecule has 1 N–H and O–H groups in total. The number of anilines is 1. The SMILES string of the molecule is Cc1ccc([C@@H](C)NC(=O)c2ccc(N(Cc3c(Cl)cccc3Cl)S(C)(=O)=O)cc2)c(C)c1. The first-order valence-corrected chi connectivity index (χ1v) is 13.0. The van der Waals surface area contributed by atoms with Crippen molar-refractivity contribution in [1.82, 2.24) is 5.32 Å². The zero-order chi connectivity index (χ0) is 24.3. The molecule has 5 nitrogen and oxygen atoms in total. The lowest BCUT2D eigenvalue weighted by atomic mass is 10.00. The average molecular weight is 505 g/mol. The highest BCUT2D eigenvalue weighted by atomic mass is 35.5. The molecule has 0 aliphatic rings. The van der Waals surface area contributed by atoms with Crippen molar-refractivity contribution in [1.29, 1.82) is 0 Å². The highest BCUT2D eigenvalue weighted by molar-refractivity contribution is 7.92. The zero-order valence-corrected chi connectivity index (χ0v) is 21.2. The van der Waals surface area contributed by atoms with Gasteiger partial charge in [-0.1, -0.05) is 53.0 Å². The van der Waals surface area contributed by atoms with E-state index in [4.69, 9.17) is 23.2 Å². The molecule has 33 heavy (non-hydrogen) atoms. The highest BCUT2D eigenvalue weighted by Crippen LogP contribution is 2.29. The molecule has 0 aliphatic heterocycles. The number of carbonyl (C=O) groups is 1. The summed E-state index contributed by atoms with van der Waals surface area (Å²) in [6, 6.07) is 17.4. The predicted molar refractivity (Wildman–Crippen MR) is 136 cm³/mol. The van der Waals surface area contributed by atoms with Crippen molar-refractivity contribution in [3.8, 4) is 0 Å². The van der Waals surface area contributed by atoms with E-state index in [1.54, 1.807) is 42.5 Å². The smallest absolute Gasteiger partial charge is 0.251 e. The molecular formula is C25H26Cl2N2O3S. The van der Waals surface area contributed by atoms with Crippen LogP contribution in [0.15, 0.2) is 60.7 Å². The largest absolute Gasteiger partial charge is 0.346 e. The minimum Gasteiger partial charge on any atom is -0.346 e. The zero-order valence-electron chi connectivity index (χ0n) is 18.9. The van der Waals surface area contributed by atoms with Crippen LogP contribution in [0.1, 0.15) is 45.6 Å². The molecule has 3 rings (SSSR count). The fourth-order valence-electron chi connectivity index (χ4n) is 3.68. The molecule has 0 bridgehead atoms. The van der Waals surface area contributed by atoms with Crippen LogP contribution in [-0.4, -0.2) is 20.6 Å². The van der Waals surface area contributed by atoms with E-state index in [1.807, 2.05) is 32.9 Å². The summed E-state index contributed by atoms with van der Waals surface area (Å²) in [7, 11) is -3.63. The van der Waals surface area contributed by atoms with E-state index in [1.165, 1.54) is 9.87 Å². The van der Waals surface area contributed by atoms with Gasteiger partial charge in [0.05, 0.1) is 24.5 Å². The number of sulfonamides is 1. The summed E-state index contributed by atoms with van der Waals surface area (Å²) in [5.41, 5.74) is 4.67. The number of carbonyl (C=O) groups excluding carboxylic acids is 1. The van der Waals surface area contributed by atoms with E-state index in [9.17, 15) is 13.2 Å². The fourth-order valence-corrected chi connectivity index (χ4v) is 5.06. The van der Waals surface area contributed by atoms with E-state index in [0.29, 0.717) is 26.9 Å². The molecule has 0 unspecified atom stereocenters. The van der Waals surface area contributed by atoms with Gasteiger partial charge in [0.15, 0.2) is 0 Å². The maximum atomic E-state index is 12.8. The normalized spacial score (nSPS) is 12.3. The number of nitrogens with one attached hydrogen (secondary N) is 1. The van der Waals surface area contributed by atoms with Gasteiger partial charge < -0.3 is 5.32 Å². The second kappa shape index (κ2) is 10.2. The number of amides is 1. The van der Waals surface area contributed by atoms with Crippen molar-refractivity contribution >= 4 is 44.8 Å². The minimum atomic E-state index is -3.63. The van der Waals surface area contributed by atoms with Crippen LogP contribution in [-0.2, 0) is 16.6 Å². The van der Waals surface area contributed by atoms with Crippen LogP contribution < -0.4 is 9.62 Å². The van der Waals surface area contributed by atoms with Gasteiger partial charge in [0, 0.05) is 21.2 Å². The van der Waals surface area contributed by atoms with E-state index in [2.05, 4.69) is 11.4 Å². The summed E-state index contributed by atoms with van der Waals surface area (Å²) in [6.07, 6.45) is 1.12. The second-order valence-corrected chi connectivity index (χ2v) is 10.8. The summed E-state index contributed by atoms with van der Waals surface area (Å²) >= 11 is 12.5. The molecule has 0 radical (unpaired) electrons. The quantitative estimate of drug-likeness (QED) is 0.424. The molecule has 3 aromatic carbocycles. The molecule has 0 saturated carbocycles. The molecule has 0 spiro atoms. The Labute approximate surface area is 205 Å². The molecule has 174 valence electrons. The molecule has 0 heterocycles. The van der Waals surface area contributed by atoms with Crippen LogP contribution in [0.2, 0.25) is 10.0 Å². The maximum Gasteiger partial charge on any atom is 0.251 e. The Kier molecular flexibility index (Phi) is 7.73. The van der Waals surface area contributed by atoms with Crippen LogP contribution >= 0.6 is 23.2 Å². The predicted octanol–water partition coefficient (Wildman–Crippen LogP) is 6.07. The molecule has 0 fully saturated rings. The summed E-state index contributed by atoms with van der Waals surface area (Å²) in [5.74, 6) is -0.242. The number of hydrogen-bond donors (Lipinski definition) is 1. The number of nitrogens with zero attached hydrogens (tertiary/aromatic N) is 1. The van der Waals surface area contributed by atoms with Crippen LogP contribution in [0.4, 0.5) is 5.69 Å². The molecule has 1 amide bonds. The topological polar surface area (TPSA) is 66.5 Å². The van der Waals surface area contributed by atoms with Crippen molar-refractivity contribution in [2.24, 2.45) is 0 Å². The van der Waals surface area contributed by atoms with Gasteiger partial charge in [-0.3, -0.25) is 9.10 Å². The van der Waals surface area contributed by atoms with Gasteiger partial charge in [0.25, 0.3) is 5.91 Å². The van der Waals surface area contributed by atoms with Gasteiger partial charge in [-0.15, -0.1) is 0 Å². The number of aryl methyl sites for hydroxylation is 2. The third-order valence-corrected chi connectivity index (χ3v) is 7.27. The van der Waals surface area contributed by atoms with Crippen molar-refractivity contribution in [3.05, 3.63) is 98.5 Å². The number of rotatable bonds is 7. The molecule has 0 saturated heterocycles. The van der Waals surface area contributed by atoms with Crippen LogP contribution in [0, 0.1) is 13.8 Å². The lowest BCUT2D eigenvalue weighted by Crippen LogP contribution is -2.30. The van der Waals surface area contributed by atoms with Crippen molar-refractivity contribution in [2.75, 3.05) is 10.6 Å². The first-order valence-electron chi connectivity index (χ1n) is 10.4. The number of halogens is 2. The first-order chi connectivity index (χ1) is 15.5. The van der Waals surface area contributed by atoms with E-state index < -0.39 is 10.0 Å². The molecule has 1 atom stereocenters. The highest BCUT2D eigenvalue weighted by Gasteiger charge is 2.21. The van der Waals surface area contributed by atoms with Gasteiger partial charge >= 0.3 is 0 Å². The van der Waals surface area contributed by atoms with Crippen LogP contribution in [0.25, 0.3) is 0 Å². The Morgan fingerprint density at radius 2 is 1.61 bits per heavy atom. The van der Waals surface area contributed by atoms with E-state index >= 15 is 0 Å². The van der Waals surface area contributed by atoms with Gasteiger partial charge in [-0.25, -0.2) is 8.42 Å². The van der Waals surface area contributed by atoms with Crippen LogP contribution in [0.5, 0.6) is 0 Å². The Morgan fingerprint density at radius 1 is 1.00 bits per heavy atom. The van der Waals surface area contributed by atoms with Crippen molar-refractivity contribution in [2.45, 2.75) is 33.4 Å². The summed E-state index contributed by atoms with van der Waals surface area (Å²) in [5, 5.41) is 3.76. The molecule has 0 aliphatic carbocycles. The average Bonchev–Trinajstić information content (AvgIpc) is 2.72. The fraction of sp³-hybridized carbons (Fsp3) is 0.240. The van der Waals surface area contributed by atoms with Gasteiger partial charge in [-0.2, -0.15) is 0 Å². The molecule has 8 heteroatoms. The number of hydrogen-bond acceptors (Lipinski definition) is 3. The standard InChI is InChI=1S/C25H26Cl2N2O3S/c1-16-8-13-21(17(2)14-16)18(3)28-25(30)19-9-11-20(12-10-19)29(33(4,31)32)15-22-23(26)6-5-7-24(22)27/h5-14,18H,15H2,1-4H3,(H,28,30)/t18-/m1/s1. The Balaban J connectivity index is 1.81. The van der Waals surface area contributed by atoms with Crippen LogP contribution in [0.3, 0.4) is 0 Å². The number of benzene rings is 3. The molecule has 3 aromatic rings. The lowest BCUT2D eigenvalue weighted by molar-refractivity contribution is 0.0940. The van der Waals surface area contributed by atoms with Crippen molar-refractivity contribution in [3.63, 3.8) is 0 Å². The third-order valence-electron chi connectivity index (χ3n) is 5.42. The van der Waals surface area contributed by atoms with E-state index in [-0.39, 0.29) is 18.5 Å². The Morgan fingerprint density at radius 3 is 2.15 bits per heavy atom. The Bertz CT molecular complexity index is 1260. The first kappa shape index (κ1) is 25.1. The lowest BCUT2D eigenvalue weighted by Gasteiger charge is -2.24. The molecular weight excluding hydrogens is 479 g/mol. The van der Waals surface area contributed by atoms with Crippen molar-refractivity contribution < 1.29 is 13.2 Å². The summed E-state index contributed by atoms with van der Waals surface area (Å²) in [4.78, 5) is 12.8. The third kappa shape index (κ3) is 6.08. The maximum absolute atomic E-state index is 12.8. The second-order valence-electron chi connectivity index (χ2n) is 8.07.